The number of halogens is 4. The minimum absolute atomic E-state index is 0.0189. The molecule has 2 rings (SSSR count). The highest BCUT2D eigenvalue weighted by Crippen LogP contribution is 2.40. The van der Waals surface area contributed by atoms with Crippen molar-refractivity contribution in [2.45, 2.75) is 0 Å². The van der Waals surface area contributed by atoms with Crippen molar-refractivity contribution in [2.24, 2.45) is 0 Å². The molecule has 4 N–H and O–H groups in total. The van der Waals surface area contributed by atoms with Gasteiger partial charge in [-0.25, -0.2) is 4.39 Å². The summed E-state index contributed by atoms with van der Waals surface area (Å²) in [5.74, 6) is -0.869. The molecule has 0 unspecified atom stereocenters. The van der Waals surface area contributed by atoms with Gasteiger partial charge < -0.3 is 16.2 Å². The van der Waals surface area contributed by atoms with Crippen molar-refractivity contribution in [1.29, 1.82) is 0 Å². The van der Waals surface area contributed by atoms with Crippen LogP contribution in [0.4, 0.5) is 15.8 Å². The predicted molar refractivity (Wildman–Crippen MR) is 76.8 cm³/mol. The number of hydrogen-bond acceptors (Lipinski definition) is 3. The maximum Gasteiger partial charge on any atom is 0.188 e. The fraction of sp³-hybridized carbons (Fsp3) is 0. The third-order valence-corrected chi connectivity index (χ3v) is 3.24. The lowest BCUT2D eigenvalue weighted by molar-refractivity contribution is 0.445. The largest absolute Gasteiger partial charge is 0.450 e. The minimum Gasteiger partial charge on any atom is -0.450 e. The molecular formula is C12H8Cl3FN2O. The normalized spacial score (nSPS) is 10.5. The van der Waals surface area contributed by atoms with Crippen LogP contribution in [0, 0.1) is 5.82 Å². The van der Waals surface area contributed by atoms with E-state index in [0.29, 0.717) is 5.02 Å². The Morgan fingerprint density at radius 3 is 2.32 bits per heavy atom. The van der Waals surface area contributed by atoms with Gasteiger partial charge in [0.15, 0.2) is 11.6 Å². The molecule has 0 amide bonds. The first kappa shape index (κ1) is 14.1. The summed E-state index contributed by atoms with van der Waals surface area (Å²) in [6.07, 6.45) is 0. The molecule has 2 aromatic carbocycles. The molecule has 0 saturated heterocycles. The van der Waals surface area contributed by atoms with Crippen molar-refractivity contribution >= 4 is 46.2 Å². The molecule has 0 atom stereocenters. The lowest BCUT2D eigenvalue weighted by Crippen LogP contribution is -1.99. The van der Waals surface area contributed by atoms with E-state index < -0.39 is 5.82 Å². The molecule has 0 fully saturated rings. The fourth-order valence-electron chi connectivity index (χ4n) is 1.42. The van der Waals surface area contributed by atoms with E-state index in [-0.39, 0.29) is 32.9 Å². The summed E-state index contributed by atoms with van der Waals surface area (Å²) in [5, 5.41) is 0.398. The molecule has 0 radical (unpaired) electrons. The van der Waals surface area contributed by atoms with Crippen LogP contribution in [0.25, 0.3) is 0 Å². The van der Waals surface area contributed by atoms with Crippen LogP contribution >= 0.6 is 34.8 Å². The second-order valence-corrected chi connectivity index (χ2v) is 4.91. The zero-order chi connectivity index (χ0) is 14.2. The van der Waals surface area contributed by atoms with Crippen molar-refractivity contribution in [3.8, 4) is 11.5 Å². The highest BCUT2D eigenvalue weighted by molar-refractivity contribution is 6.35. The Kier molecular flexibility index (Phi) is 3.94. The number of ether oxygens (including phenoxy) is 1. The van der Waals surface area contributed by atoms with Gasteiger partial charge in [-0.15, -0.1) is 0 Å². The fourth-order valence-corrected chi connectivity index (χ4v) is 2.01. The van der Waals surface area contributed by atoms with Crippen LogP contribution in [0.5, 0.6) is 11.5 Å². The van der Waals surface area contributed by atoms with Gasteiger partial charge in [0, 0.05) is 5.02 Å². The van der Waals surface area contributed by atoms with Gasteiger partial charge in [0.1, 0.15) is 10.8 Å². The Bertz CT molecular complexity index is 649. The second-order valence-electron chi connectivity index (χ2n) is 3.69. The highest BCUT2D eigenvalue weighted by atomic mass is 35.5. The van der Waals surface area contributed by atoms with Gasteiger partial charge in [-0.05, 0) is 24.3 Å². The van der Waals surface area contributed by atoms with Gasteiger partial charge in [-0.3, -0.25) is 0 Å². The van der Waals surface area contributed by atoms with E-state index in [9.17, 15) is 4.39 Å². The summed E-state index contributed by atoms with van der Waals surface area (Å²) in [6, 6.07) is 5.82. The Balaban J connectivity index is 2.47. The predicted octanol–water partition coefficient (Wildman–Crippen LogP) is 4.74. The van der Waals surface area contributed by atoms with E-state index in [0.717, 1.165) is 0 Å². The van der Waals surface area contributed by atoms with Crippen LogP contribution in [0.1, 0.15) is 0 Å². The third-order valence-electron chi connectivity index (χ3n) is 2.32. The Morgan fingerprint density at radius 2 is 1.68 bits per heavy atom. The topological polar surface area (TPSA) is 61.3 Å². The SMILES string of the molecule is Nc1cc(N)c(Oc2ccc(Cl)cc2Cl)c(F)c1Cl. The molecule has 7 heteroatoms. The molecule has 0 aromatic heterocycles. The van der Waals surface area contributed by atoms with Crippen molar-refractivity contribution in [3.05, 3.63) is 45.2 Å². The van der Waals surface area contributed by atoms with E-state index in [4.69, 9.17) is 51.0 Å². The molecule has 0 saturated carbocycles. The quantitative estimate of drug-likeness (QED) is 0.785. The molecule has 0 aliphatic carbocycles. The van der Waals surface area contributed by atoms with Crippen LogP contribution in [-0.4, -0.2) is 0 Å². The average Bonchev–Trinajstić information content (AvgIpc) is 2.34. The van der Waals surface area contributed by atoms with E-state index in [2.05, 4.69) is 0 Å². The first-order chi connectivity index (χ1) is 8.90. The van der Waals surface area contributed by atoms with Crippen LogP contribution in [0.15, 0.2) is 24.3 Å². The first-order valence-electron chi connectivity index (χ1n) is 5.06. The molecule has 2 aromatic rings. The number of anilines is 2. The van der Waals surface area contributed by atoms with Gasteiger partial charge in [0.2, 0.25) is 0 Å². The van der Waals surface area contributed by atoms with Crippen LogP contribution in [-0.2, 0) is 0 Å². The van der Waals surface area contributed by atoms with Crippen LogP contribution < -0.4 is 16.2 Å². The summed E-state index contributed by atoms with van der Waals surface area (Å²) in [7, 11) is 0. The summed E-state index contributed by atoms with van der Waals surface area (Å²) < 4.78 is 19.3. The van der Waals surface area contributed by atoms with Crippen LogP contribution in [0.2, 0.25) is 15.1 Å². The smallest absolute Gasteiger partial charge is 0.188 e. The molecule has 0 bridgehead atoms. The zero-order valence-corrected chi connectivity index (χ0v) is 11.7. The Morgan fingerprint density at radius 1 is 1.00 bits per heavy atom. The maximum atomic E-state index is 13.9. The van der Waals surface area contributed by atoms with Crippen LogP contribution in [0.3, 0.4) is 0 Å². The van der Waals surface area contributed by atoms with Gasteiger partial charge in [0.25, 0.3) is 0 Å². The lowest BCUT2D eigenvalue weighted by Gasteiger charge is -2.13. The van der Waals surface area contributed by atoms with Crippen molar-refractivity contribution in [1.82, 2.24) is 0 Å². The average molecular weight is 322 g/mol. The van der Waals surface area contributed by atoms with E-state index >= 15 is 0 Å². The summed E-state index contributed by atoms with van der Waals surface area (Å²) in [5.41, 5.74) is 11.2. The molecule has 0 aliphatic heterocycles. The van der Waals surface area contributed by atoms with E-state index in [1.807, 2.05) is 0 Å². The molecule has 100 valence electrons. The minimum atomic E-state index is -0.842. The molecule has 0 heterocycles. The van der Waals surface area contributed by atoms with E-state index in [1.54, 1.807) is 6.07 Å². The zero-order valence-electron chi connectivity index (χ0n) is 9.38. The number of benzene rings is 2. The molecule has 0 aliphatic rings. The summed E-state index contributed by atoms with van der Waals surface area (Å²) in [6.45, 7) is 0. The monoisotopic (exact) mass is 320 g/mol. The van der Waals surface area contributed by atoms with E-state index in [1.165, 1.54) is 18.2 Å². The molecule has 0 spiro atoms. The second kappa shape index (κ2) is 5.33. The number of nitrogens with two attached hydrogens (primary N) is 2. The Hall–Kier alpha value is -1.36. The molecular weight excluding hydrogens is 314 g/mol. The number of nitrogen functional groups attached to an aromatic ring is 2. The Labute approximate surface area is 123 Å². The first-order valence-corrected chi connectivity index (χ1v) is 6.19. The van der Waals surface area contributed by atoms with Gasteiger partial charge in [-0.1, -0.05) is 34.8 Å². The van der Waals surface area contributed by atoms with Gasteiger partial charge in [0.05, 0.1) is 16.4 Å². The number of rotatable bonds is 2. The van der Waals surface area contributed by atoms with Crippen molar-refractivity contribution in [2.75, 3.05) is 11.5 Å². The molecule has 19 heavy (non-hydrogen) atoms. The summed E-state index contributed by atoms with van der Waals surface area (Å²) in [4.78, 5) is 0. The summed E-state index contributed by atoms with van der Waals surface area (Å²) >= 11 is 17.4. The molecule has 3 nitrogen and oxygen atoms in total. The lowest BCUT2D eigenvalue weighted by atomic mass is 10.2. The van der Waals surface area contributed by atoms with Gasteiger partial charge >= 0.3 is 0 Å². The number of hydrogen-bond donors (Lipinski definition) is 2. The maximum absolute atomic E-state index is 13.9. The highest BCUT2D eigenvalue weighted by Gasteiger charge is 2.17. The standard InChI is InChI=1S/C12H8Cl3FN2O/c13-5-1-2-9(6(14)3-5)19-12-8(18)4-7(17)10(15)11(12)16/h1-4H,17-18H2. The third kappa shape index (κ3) is 2.81. The van der Waals surface area contributed by atoms with Crippen molar-refractivity contribution in [3.63, 3.8) is 0 Å². The van der Waals surface area contributed by atoms with Crippen molar-refractivity contribution < 1.29 is 9.13 Å². The van der Waals surface area contributed by atoms with Gasteiger partial charge in [-0.2, -0.15) is 0 Å².